The Hall–Kier alpha value is -1.10. The maximum absolute atomic E-state index is 9.88. The summed E-state index contributed by atoms with van der Waals surface area (Å²) in [6.07, 6.45) is -0.253. The van der Waals surface area contributed by atoms with Gasteiger partial charge in [0, 0.05) is 13.1 Å². The SMILES string of the molecule is Cc1ccccc1OCC(O)CNCC(O)CC(C)(C)C. The van der Waals surface area contributed by atoms with E-state index in [1.165, 1.54) is 0 Å². The highest BCUT2D eigenvalue weighted by Gasteiger charge is 2.16. The molecule has 0 fully saturated rings. The summed E-state index contributed by atoms with van der Waals surface area (Å²) in [6.45, 7) is 9.41. The molecule has 0 saturated carbocycles. The normalized spacial score (nSPS) is 14.8. The zero-order valence-corrected chi connectivity index (χ0v) is 13.6. The minimum Gasteiger partial charge on any atom is -0.491 e. The zero-order chi connectivity index (χ0) is 15.9. The number of benzene rings is 1. The molecule has 0 heterocycles. The highest BCUT2D eigenvalue weighted by Crippen LogP contribution is 2.20. The molecule has 0 amide bonds. The fourth-order valence-corrected chi connectivity index (χ4v) is 2.16. The van der Waals surface area contributed by atoms with Gasteiger partial charge in [-0.3, -0.25) is 0 Å². The average Bonchev–Trinajstić information content (AvgIpc) is 2.35. The number of ether oxygens (including phenoxy) is 1. The monoisotopic (exact) mass is 295 g/mol. The Morgan fingerprint density at radius 1 is 1.10 bits per heavy atom. The molecule has 1 aromatic carbocycles. The van der Waals surface area contributed by atoms with Gasteiger partial charge in [0.2, 0.25) is 0 Å². The van der Waals surface area contributed by atoms with Gasteiger partial charge in [-0.25, -0.2) is 0 Å². The van der Waals surface area contributed by atoms with Gasteiger partial charge in [-0.2, -0.15) is 0 Å². The van der Waals surface area contributed by atoms with Crippen molar-refractivity contribution in [3.8, 4) is 5.75 Å². The Morgan fingerprint density at radius 2 is 1.71 bits per heavy atom. The van der Waals surface area contributed by atoms with E-state index in [4.69, 9.17) is 4.74 Å². The van der Waals surface area contributed by atoms with E-state index in [0.29, 0.717) is 13.1 Å². The van der Waals surface area contributed by atoms with Crippen LogP contribution in [0.4, 0.5) is 0 Å². The summed E-state index contributed by atoms with van der Waals surface area (Å²) in [5.41, 5.74) is 1.16. The summed E-state index contributed by atoms with van der Waals surface area (Å²) in [6, 6.07) is 7.73. The molecule has 0 aliphatic carbocycles. The molecule has 0 aliphatic rings. The number of aryl methyl sites for hydroxylation is 1. The standard InChI is InChI=1S/C17H29NO3/c1-13-7-5-6-8-16(13)21-12-15(20)11-18-10-14(19)9-17(2,3)4/h5-8,14-15,18-20H,9-12H2,1-4H3. The Labute approximate surface area is 128 Å². The van der Waals surface area contributed by atoms with Crippen LogP contribution in [-0.2, 0) is 0 Å². The predicted octanol–water partition coefficient (Wildman–Crippen LogP) is 2.12. The van der Waals surface area contributed by atoms with E-state index in [0.717, 1.165) is 17.7 Å². The van der Waals surface area contributed by atoms with Crippen molar-refractivity contribution < 1.29 is 14.9 Å². The number of nitrogens with one attached hydrogen (secondary N) is 1. The van der Waals surface area contributed by atoms with Crippen LogP contribution in [0.15, 0.2) is 24.3 Å². The van der Waals surface area contributed by atoms with Gasteiger partial charge in [0.05, 0.1) is 6.10 Å². The van der Waals surface area contributed by atoms with Crippen molar-refractivity contribution in [2.24, 2.45) is 5.41 Å². The first-order chi connectivity index (χ1) is 9.78. The van der Waals surface area contributed by atoms with E-state index in [9.17, 15) is 10.2 Å². The highest BCUT2D eigenvalue weighted by molar-refractivity contribution is 5.31. The number of aliphatic hydroxyl groups is 2. The van der Waals surface area contributed by atoms with Crippen LogP contribution in [0.3, 0.4) is 0 Å². The van der Waals surface area contributed by atoms with Crippen LogP contribution in [0.5, 0.6) is 5.75 Å². The van der Waals surface area contributed by atoms with Gasteiger partial charge in [0.25, 0.3) is 0 Å². The summed E-state index contributed by atoms with van der Waals surface area (Å²) in [5.74, 6) is 0.796. The molecule has 0 radical (unpaired) electrons. The van der Waals surface area contributed by atoms with Crippen molar-refractivity contribution in [1.29, 1.82) is 0 Å². The molecule has 0 bridgehead atoms. The van der Waals surface area contributed by atoms with Gasteiger partial charge in [-0.05, 0) is 30.4 Å². The van der Waals surface area contributed by atoms with Crippen molar-refractivity contribution >= 4 is 0 Å². The summed E-state index contributed by atoms with van der Waals surface area (Å²) < 4.78 is 5.58. The molecule has 2 atom stereocenters. The molecule has 4 heteroatoms. The first kappa shape index (κ1) is 18.0. The highest BCUT2D eigenvalue weighted by atomic mass is 16.5. The maximum atomic E-state index is 9.88. The first-order valence-electron chi connectivity index (χ1n) is 7.53. The smallest absolute Gasteiger partial charge is 0.122 e. The van der Waals surface area contributed by atoms with Crippen molar-refractivity contribution in [3.05, 3.63) is 29.8 Å². The van der Waals surface area contributed by atoms with Crippen LogP contribution in [0.25, 0.3) is 0 Å². The van der Waals surface area contributed by atoms with Crippen molar-refractivity contribution in [2.45, 2.75) is 46.3 Å². The Balaban J connectivity index is 2.20. The van der Waals surface area contributed by atoms with Crippen molar-refractivity contribution in [3.63, 3.8) is 0 Å². The molecular formula is C17H29NO3. The molecular weight excluding hydrogens is 266 g/mol. The van der Waals surface area contributed by atoms with Crippen LogP contribution < -0.4 is 10.1 Å². The Morgan fingerprint density at radius 3 is 2.33 bits per heavy atom. The molecule has 0 aromatic heterocycles. The van der Waals surface area contributed by atoms with Gasteiger partial charge in [-0.1, -0.05) is 39.0 Å². The van der Waals surface area contributed by atoms with E-state index in [-0.39, 0.29) is 12.0 Å². The van der Waals surface area contributed by atoms with E-state index in [1.807, 2.05) is 31.2 Å². The van der Waals surface area contributed by atoms with Crippen molar-refractivity contribution in [1.82, 2.24) is 5.32 Å². The molecule has 4 nitrogen and oxygen atoms in total. The molecule has 1 aromatic rings. The van der Waals surface area contributed by atoms with Crippen LogP contribution in [-0.4, -0.2) is 42.1 Å². The molecule has 21 heavy (non-hydrogen) atoms. The quantitative estimate of drug-likeness (QED) is 0.687. The summed E-state index contributed by atoms with van der Waals surface area (Å²) >= 11 is 0. The molecule has 0 aliphatic heterocycles. The molecule has 120 valence electrons. The van der Waals surface area contributed by atoms with Gasteiger partial charge in [-0.15, -0.1) is 0 Å². The second-order valence-electron chi connectivity index (χ2n) is 6.81. The Kier molecular flexibility index (Phi) is 7.15. The van der Waals surface area contributed by atoms with Gasteiger partial charge in [0.1, 0.15) is 18.5 Å². The van der Waals surface area contributed by atoms with Crippen molar-refractivity contribution in [2.75, 3.05) is 19.7 Å². The molecule has 0 saturated heterocycles. The van der Waals surface area contributed by atoms with E-state index in [1.54, 1.807) is 0 Å². The zero-order valence-electron chi connectivity index (χ0n) is 13.6. The number of hydrogen-bond acceptors (Lipinski definition) is 4. The average molecular weight is 295 g/mol. The lowest BCUT2D eigenvalue weighted by Crippen LogP contribution is -2.37. The van der Waals surface area contributed by atoms with Crippen LogP contribution in [0.1, 0.15) is 32.8 Å². The largest absolute Gasteiger partial charge is 0.491 e. The van der Waals surface area contributed by atoms with E-state index < -0.39 is 12.2 Å². The van der Waals surface area contributed by atoms with Crippen LogP contribution in [0, 0.1) is 12.3 Å². The minimum atomic E-state index is -0.591. The number of para-hydroxylation sites is 1. The fourth-order valence-electron chi connectivity index (χ4n) is 2.16. The number of aliphatic hydroxyl groups excluding tert-OH is 2. The van der Waals surface area contributed by atoms with Crippen LogP contribution in [0.2, 0.25) is 0 Å². The summed E-state index contributed by atoms with van der Waals surface area (Å²) in [5, 5.41) is 22.8. The second kappa shape index (κ2) is 8.37. The lowest BCUT2D eigenvalue weighted by molar-refractivity contribution is 0.0905. The first-order valence-corrected chi connectivity index (χ1v) is 7.53. The third-order valence-corrected chi connectivity index (χ3v) is 3.13. The predicted molar refractivity (Wildman–Crippen MR) is 85.6 cm³/mol. The molecule has 1 rings (SSSR count). The third-order valence-electron chi connectivity index (χ3n) is 3.13. The van der Waals surface area contributed by atoms with Gasteiger partial charge in [0.15, 0.2) is 0 Å². The van der Waals surface area contributed by atoms with E-state index in [2.05, 4.69) is 26.1 Å². The Bertz CT molecular complexity index is 415. The minimum absolute atomic E-state index is 0.105. The van der Waals surface area contributed by atoms with E-state index >= 15 is 0 Å². The lowest BCUT2D eigenvalue weighted by atomic mass is 9.89. The fraction of sp³-hybridized carbons (Fsp3) is 0.647. The van der Waals surface area contributed by atoms with Crippen LogP contribution >= 0.6 is 0 Å². The number of hydrogen-bond donors (Lipinski definition) is 3. The molecule has 0 spiro atoms. The number of rotatable bonds is 8. The lowest BCUT2D eigenvalue weighted by Gasteiger charge is -2.23. The topological polar surface area (TPSA) is 61.7 Å². The third kappa shape index (κ3) is 8.05. The molecule has 2 unspecified atom stereocenters. The summed E-state index contributed by atoms with van der Waals surface area (Å²) in [4.78, 5) is 0. The van der Waals surface area contributed by atoms with Gasteiger partial charge < -0.3 is 20.3 Å². The second-order valence-corrected chi connectivity index (χ2v) is 6.81. The summed E-state index contributed by atoms with van der Waals surface area (Å²) in [7, 11) is 0. The van der Waals surface area contributed by atoms with Gasteiger partial charge >= 0.3 is 0 Å². The molecule has 3 N–H and O–H groups in total. The maximum Gasteiger partial charge on any atom is 0.122 e.